The molecular formula is C16H34N2O. The van der Waals surface area contributed by atoms with Gasteiger partial charge in [-0.1, -0.05) is 27.7 Å². The molecule has 0 heterocycles. The van der Waals surface area contributed by atoms with E-state index in [9.17, 15) is 4.79 Å². The average Bonchev–Trinajstić information content (AvgIpc) is 2.30. The number of hydrogen-bond donors (Lipinski definition) is 1. The fourth-order valence-electron chi connectivity index (χ4n) is 2.47. The van der Waals surface area contributed by atoms with Gasteiger partial charge in [-0.25, -0.2) is 0 Å². The summed E-state index contributed by atoms with van der Waals surface area (Å²) in [7, 11) is 0. The molecule has 1 unspecified atom stereocenters. The first kappa shape index (κ1) is 18.4. The van der Waals surface area contributed by atoms with Crippen LogP contribution in [0.2, 0.25) is 0 Å². The van der Waals surface area contributed by atoms with Crippen molar-refractivity contribution in [3.8, 4) is 0 Å². The normalized spacial score (nSPS) is 13.4. The van der Waals surface area contributed by atoms with Gasteiger partial charge < -0.3 is 10.6 Å². The van der Waals surface area contributed by atoms with Gasteiger partial charge in [-0.3, -0.25) is 4.79 Å². The second-order valence-electron chi connectivity index (χ2n) is 6.65. The summed E-state index contributed by atoms with van der Waals surface area (Å²) in [4.78, 5) is 14.4. The zero-order valence-corrected chi connectivity index (χ0v) is 13.8. The molecule has 0 fully saturated rings. The van der Waals surface area contributed by atoms with Crippen LogP contribution in [0.3, 0.4) is 0 Å². The predicted octanol–water partition coefficient (Wildman–Crippen LogP) is 3.28. The van der Waals surface area contributed by atoms with E-state index in [1.807, 2.05) is 4.90 Å². The number of rotatable bonds is 9. The highest BCUT2D eigenvalue weighted by atomic mass is 16.2. The quantitative estimate of drug-likeness (QED) is 0.699. The van der Waals surface area contributed by atoms with Gasteiger partial charge in [0.1, 0.15) is 0 Å². The summed E-state index contributed by atoms with van der Waals surface area (Å²) in [6.45, 7) is 14.5. The summed E-state index contributed by atoms with van der Waals surface area (Å²) in [5.74, 6) is 2.00. The van der Waals surface area contributed by atoms with E-state index in [0.29, 0.717) is 36.1 Å². The van der Waals surface area contributed by atoms with Crippen molar-refractivity contribution in [2.45, 2.75) is 66.8 Å². The molecule has 0 aromatic rings. The monoisotopic (exact) mass is 270 g/mol. The molecule has 0 spiro atoms. The largest absolute Gasteiger partial charge is 0.340 e. The van der Waals surface area contributed by atoms with Gasteiger partial charge in [-0.2, -0.15) is 0 Å². The van der Waals surface area contributed by atoms with E-state index in [1.165, 1.54) is 0 Å². The highest BCUT2D eigenvalue weighted by Gasteiger charge is 2.20. The first-order valence-corrected chi connectivity index (χ1v) is 7.79. The van der Waals surface area contributed by atoms with Gasteiger partial charge in [0.05, 0.1) is 0 Å². The maximum absolute atomic E-state index is 12.3. The van der Waals surface area contributed by atoms with Crippen LogP contribution in [0.1, 0.15) is 60.8 Å². The molecule has 0 bridgehead atoms. The molecule has 2 N–H and O–H groups in total. The lowest BCUT2D eigenvalue weighted by atomic mass is 9.88. The van der Waals surface area contributed by atoms with Gasteiger partial charge in [0.15, 0.2) is 0 Å². The molecule has 3 nitrogen and oxygen atoms in total. The molecule has 114 valence electrons. The third-order valence-corrected chi connectivity index (χ3v) is 3.71. The lowest BCUT2D eigenvalue weighted by molar-refractivity contribution is -0.133. The van der Waals surface area contributed by atoms with Crippen LogP contribution in [0, 0.1) is 17.8 Å². The predicted molar refractivity (Wildman–Crippen MR) is 82.9 cm³/mol. The van der Waals surface area contributed by atoms with Crippen LogP contribution in [-0.4, -0.2) is 29.9 Å². The highest BCUT2D eigenvalue weighted by molar-refractivity contribution is 5.76. The molecule has 1 amide bonds. The Morgan fingerprint density at radius 1 is 1.05 bits per heavy atom. The Balaban J connectivity index is 4.38. The first-order valence-electron chi connectivity index (χ1n) is 7.79. The summed E-state index contributed by atoms with van der Waals surface area (Å²) >= 11 is 0. The molecule has 0 rings (SSSR count). The zero-order valence-electron chi connectivity index (χ0n) is 13.8. The Bertz CT molecular complexity index is 249. The SMILES string of the molecule is CC(C)CN(C(=O)CCC(CCN)C(C)C)C(C)C. The number of carbonyl (C=O) groups excluding carboxylic acids is 1. The van der Waals surface area contributed by atoms with Crippen LogP contribution in [0.15, 0.2) is 0 Å². The summed E-state index contributed by atoms with van der Waals surface area (Å²) in [5, 5.41) is 0. The third-order valence-electron chi connectivity index (χ3n) is 3.71. The minimum absolute atomic E-state index is 0.293. The van der Waals surface area contributed by atoms with Gasteiger partial charge >= 0.3 is 0 Å². The Kier molecular flexibility index (Phi) is 9.07. The minimum atomic E-state index is 0.293. The molecule has 3 heteroatoms. The molecule has 0 aliphatic carbocycles. The van der Waals surface area contributed by atoms with E-state index in [2.05, 4.69) is 41.5 Å². The fourth-order valence-corrected chi connectivity index (χ4v) is 2.47. The van der Waals surface area contributed by atoms with Crippen LogP contribution in [0.25, 0.3) is 0 Å². The van der Waals surface area contributed by atoms with Crippen molar-refractivity contribution < 1.29 is 4.79 Å². The zero-order chi connectivity index (χ0) is 15.0. The van der Waals surface area contributed by atoms with Crippen molar-refractivity contribution in [1.82, 2.24) is 4.90 Å². The lowest BCUT2D eigenvalue weighted by Gasteiger charge is -2.29. The average molecular weight is 270 g/mol. The van der Waals surface area contributed by atoms with Crippen LogP contribution in [0.4, 0.5) is 0 Å². The van der Waals surface area contributed by atoms with Crippen molar-refractivity contribution in [2.24, 2.45) is 23.5 Å². The van der Waals surface area contributed by atoms with Crippen molar-refractivity contribution in [3.05, 3.63) is 0 Å². The number of nitrogens with zero attached hydrogens (tertiary/aromatic N) is 1. The Labute approximate surface area is 119 Å². The van der Waals surface area contributed by atoms with Gasteiger partial charge in [0.25, 0.3) is 0 Å². The second kappa shape index (κ2) is 9.35. The molecule has 0 radical (unpaired) electrons. The summed E-state index contributed by atoms with van der Waals surface area (Å²) in [6, 6.07) is 0.293. The van der Waals surface area contributed by atoms with Crippen LogP contribution in [0.5, 0.6) is 0 Å². The second-order valence-corrected chi connectivity index (χ2v) is 6.65. The van der Waals surface area contributed by atoms with Gasteiger partial charge in [-0.05, 0) is 51.0 Å². The van der Waals surface area contributed by atoms with Crippen LogP contribution >= 0.6 is 0 Å². The topological polar surface area (TPSA) is 46.3 Å². The van der Waals surface area contributed by atoms with Gasteiger partial charge in [-0.15, -0.1) is 0 Å². The summed E-state index contributed by atoms with van der Waals surface area (Å²) in [5.41, 5.74) is 5.65. The third kappa shape index (κ3) is 7.56. The lowest BCUT2D eigenvalue weighted by Crippen LogP contribution is -2.39. The maximum atomic E-state index is 12.3. The van der Waals surface area contributed by atoms with Gasteiger partial charge in [0, 0.05) is 19.0 Å². The summed E-state index contributed by atoms with van der Waals surface area (Å²) < 4.78 is 0. The number of carbonyl (C=O) groups is 1. The first-order chi connectivity index (χ1) is 8.79. The van der Waals surface area contributed by atoms with Crippen molar-refractivity contribution in [3.63, 3.8) is 0 Å². The molecule has 0 aliphatic heterocycles. The molecule has 0 aromatic carbocycles. The standard InChI is InChI=1S/C16H34N2O/c1-12(2)11-18(14(5)6)16(19)8-7-15(9-10-17)13(3)4/h12-15H,7-11,17H2,1-6H3. The molecule has 19 heavy (non-hydrogen) atoms. The Hall–Kier alpha value is -0.570. The Morgan fingerprint density at radius 3 is 2.00 bits per heavy atom. The van der Waals surface area contributed by atoms with E-state index in [-0.39, 0.29) is 0 Å². The smallest absolute Gasteiger partial charge is 0.222 e. The maximum Gasteiger partial charge on any atom is 0.222 e. The molecule has 0 saturated carbocycles. The van der Waals surface area contributed by atoms with E-state index >= 15 is 0 Å². The van der Waals surface area contributed by atoms with E-state index in [4.69, 9.17) is 5.73 Å². The number of nitrogens with two attached hydrogens (primary N) is 1. The fraction of sp³-hybridized carbons (Fsp3) is 0.938. The molecule has 0 aromatic heterocycles. The van der Waals surface area contributed by atoms with E-state index in [0.717, 1.165) is 25.9 Å². The highest BCUT2D eigenvalue weighted by Crippen LogP contribution is 2.21. The molecular weight excluding hydrogens is 236 g/mol. The van der Waals surface area contributed by atoms with Crippen molar-refractivity contribution in [2.75, 3.05) is 13.1 Å². The van der Waals surface area contributed by atoms with Gasteiger partial charge in [0.2, 0.25) is 5.91 Å². The molecule has 0 aliphatic rings. The van der Waals surface area contributed by atoms with Crippen molar-refractivity contribution in [1.29, 1.82) is 0 Å². The van der Waals surface area contributed by atoms with Crippen LogP contribution < -0.4 is 5.73 Å². The number of amides is 1. The number of hydrogen-bond acceptors (Lipinski definition) is 2. The van der Waals surface area contributed by atoms with Crippen LogP contribution in [-0.2, 0) is 4.79 Å². The van der Waals surface area contributed by atoms with E-state index in [1.54, 1.807) is 0 Å². The molecule has 0 saturated heterocycles. The Morgan fingerprint density at radius 2 is 1.63 bits per heavy atom. The summed E-state index contributed by atoms with van der Waals surface area (Å²) in [6.07, 6.45) is 2.65. The van der Waals surface area contributed by atoms with Crippen molar-refractivity contribution >= 4 is 5.91 Å². The van der Waals surface area contributed by atoms with E-state index < -0.39 is 0 Å². The minimum Gasteiger partial charge on any atom is -0.340 e. The molecule has 1 atom stereocenters.